The fraction of sp³-hybridized carbons (Fsp3) is 0.625. The number of hydrogen-bond acceptors (Lipinski definition) is 5. The lowest BCUT2D eigenvalue weighted by atomic mass is 10.1. The zero-order valence-electron chi connectivity index (χ0n) is 7.10. The topological polar surface area (TPSA) is 56.0 Å². The molecule has 13 heavy (non-hydrogen) atoms. The van der Waals surface area contributed by atoms with E-state index in [4.69, 9.17) is 4.52 Å². The van der Waals surface area contributed by atoms with Crippen LogP contribution in [0.25, 0.3) is 0 Å². The smallest absolute Gasteiger partial charge is 0.233 e. The number of nitrogens with zero attached hydrogens (tertiary/aromatic N) is 2. The quantitative estimate of drug-likeness (QED) is 0.679. The molecule has 1 aliphatic rings. The molecule has 1 atom stereocenters. The van der Waals surface area contributed by atoms with Crippen molar-refractivity contribution < 1.29 is 9.32 Å². The van der Waals surface area contributed by atoms with Crippen molar-refractivity contribution in [2.24, 2.45) is 0 Å². The van der Waals surface area contributed by atoms with Crippen molar-refractivity contribution in [3.8, 4) is 0 Å². The van der Waals surface area contributed by atoms with E-state index in [1.807, 2.05) is 11.8 Å². The number of hydrogen-bond donors (Lipinski definition) is 0. The molecular formula is C8H10N2O2S. The van der Waals surface area contributed by atoms with Crippen molar-refractivity contribution in [1.29, 1.82) is 0 Å². The number of thioether (sulfide) groups is 1. The first-order chi connectivity index (χ1) is 6.40. The van der Waals surface area contributed by atoms with E-state index in [0.29, 0.717) is 11.8 Å². The summed E-state index contributed by atoms with van der Waals surface area (Å²) in [6.07, 6.45) is 2.12. The minimum Gasteiger partial charge on any atom is -0.339 e. The van der Waals surface area contributed by atoms with E-state index in [-0.39, 0.29) is 6.42 Å². The zero-order chi connectivity index (χ0) is 9.10. The van der Waals surface area contributed by atoms with Crippen LogP contribution in [-0.2, 0) is 11.2 Å². The normalized spacial score (nSPS) is 22.0. The lowest BCUT2D eigenvalue weighted by Gasteiger charge is -1.98. The Kier molecular flexibility index (Phi) is 2.63. The molecule has 0 spiro atoms. The maximum absolute atomic E-state index is 10.2. The van der Waals surface area contributed by atoms with Crippen LogP contribution in [-0.4, -0.2) is 27.9 Å². The molecule has 1 fully saturated rings. The summed E-state index contributed by atoms with van der Waals surface area (Å²) in [5.41, 5.74) is 0. The third kappa shape index (κ3) is 1.91. The predicted octanol–water partition coefficient (Wildman–Crippen LogP) is 1.03. The van der Waals surface area contributed by atoms with Crippen LogP contribution < -0.4 is 0 Å². The van der Waals surface area contributed by atoms with Crippen molar-refractivity contribution in [2.45, 2.75) is 18.8 Å². The van der Waals surface area contributed by atoms with E-state index in [1.165, 1.54) is 5.75 Å². The van der Waals surface area contributed by atoms with Crippen LogP contribution in [0, 0.1) is 0 Å². The Hall–Kier alpha value is -0.840. The highest BCUT2D eigenvalue weighted by molar-refractivity contribution is 7.99. The molecule has 1 aromatic heterocycles. The average Bonchev–Trinajstić information content (AvgIpc) is 2.70. The van der Waals surface area contributed by atoms with Crippen molar-refractivity contribution in [3.05, 3.63) is 11.7 Å². The molecular weight excluding hydrogens is 188 g/mol. The standard InChI is InChI=1S/C8H10N2O2S/c11-3-1-7-9-8(10-12-7)6-2-4-13-5-6/h3,6H,1-2,4-5H2. The van der Waals surface area contributed by atoms with E-state index in [2.05, 4.69) is 10.1 Å². The maximum atomic E-state index is 10.2. The fourth-order valence-corrected chi connectivity index (χ4v) is 2.54. The van der Waals surface area contributed by atoms with Gasteiger partial charge in [-0.3, -0.25) is 0 Å². The molecule has 4 nitrogen and oxygen atoms in total. The van der Waals surface area contributed by atoms with E-state index in [9.17, 15) is 4.79 Å². The summed E-state index contributed by atoms with van der Waals surface area (Å²) in [5, 5.41) is 3.86. The summed E-state index contributed by atoms with van der Waals surface area (Å²) in [4.78, 5) is 14.3. The number of carbonyl (C=O) groups excluding carboxylic acids is 1. The Morgan fingerprint density at radius 1 is 1.69 bits per heavy atom. The molecule has 2 rings (SSSR count). The summed E-state index contributed by atoms with van der Waals surface area (Å²) >= 11 is 1.91. The lowest BCUT2D eigenvalue weighted by molar-refractivity contribution is -0.107. The SMILES string of the molecule is O=CCc1nc(C2CCSC2)no1. The Bertz CT molecular complexity index is 294. The molecule has 1 aliphatic heterocycles. The van der Waals surface area contributed by atoms with E-state index in [0.717, 1.165) is 24.3 Å². The largest absolute Gasteiger partial charge is 0.339 e. The zero-order valence-corrected chi connectivity index (χ0v) is 7.92. The van der Waals surface area contributed by atoms with Gasteiger partial charge in [0.05, 0.1) is 6.42 Å². The molecule has 1 saturated heterocycles. The molecule has 2 heterocycles. The molecule has 0 aliphatic carbocycles. The Morgan fingerprint density at radius 3 is 3.31 bits per heavy atom. The van der Waals surface area contributed by atoms with Gasteiger partial charge in [0, 0.05) is 11.7 Å². The van der Waals surface area contributed by atoms with Crippen molar-refractivity contribution in [3.63, 3.8) is 0 Å². The van der Waals surface area contributed by atoms with Crippen LogP contribution in [0.4, 0.5) is 0 Å². The van der Waals surface area contributed by atoms with Gasteiger partial charge in [-0.25, -0.2) is 0 Å². The van der Waals surface area contributed by atoms with Crippen LogP contribution in [0.2, 0.25) is 0 Å². The van der Waals surface area contributed by atoms with Crippen LogP contribution >= 0.6 is 11.8 Å². The fourth-order valence-electron chi connectivity index (χ4n) is 1.33. The lowest BCUT2D eigenvalue weighted by Crippen LogP contribution is -1.99. The van der Waals surface area contributed by atoms with Crippen molar-refractivity contribution >= 4 is 18.0 Å². The Morgan fingerprint density at radius 2 is 2.62 bits per heavy atom. The highest BCUT2D eigenvalue weighted by Gasteiger charge is 2.22. The highest BCUT2D eigenvalue weighted by atomic mass is 32.2. The molecule has 5 heteroatoms. The number of aldehydes is 1. The van der Waals surface area contributed by atoms with Gasteiger partial charge in [0.15, 0.2) is 5.82 Å². The van der Waals surface area contributed by atoms with E-state index >= 15 is 0 Å². The van der Waals surface area contributed by atoms with Gasteiger partial charge < -0.3 is 9.32 Å². The Labute approximate surface area is 80.1 Å². The minimum absolute atomic E-state index is 0.229. The van der Waals surface area contributed by atoms with Gasteiger partial charge in [-0.2, -0.15) is 16.7 Å². The molecule has 0 saturated carbocycles. The van der Waals surface area contributed by atoms with Crippen molar-refractivity contribution in [2.75, 3.05) is 11.5 Å². The number of carbonyl (C=O) groups is 1. The number of aromatic nitrogens is 2. The molecule has 0 radical (unpaired) electrons. The first-order valence-electron chi connectivity index (χ1n) is 4.24. The van der Waals surface area contributed by atoms with Gasteiger partial charge in [0.25, 0.3) is 0 Å². The van der Waals surface area contributed by atoms with Crippen LogP contribution in [0.5, 0.6) is 0 Å². The summed E-state index contributed by atoms with van der Waals surface area (Å²) in [5.74, 6) is 3.86. The van der Waals surface area contributed by atoms with E-state index in [1.54, 1.807) is 0 Å². The maximum Gasteiger partial charge on any atom is 0.233 e. The first kappa shape index (κ1) is 8.74. The van der Waals surface area contributed by atoms with Gasteiger partial charge in [-0.15, -0.1) is 0 Å². The third-order valence-corrected chi connectivity index (χ3v) is 3.20. The molecule has 0 N–H and O–H groups in total. The number of rotatable bonds is 3. The van der Waals surface area contributed by atoms with Gasteiger partial charge >= 0.3 is 0 Å². The highest BCUT2D eigenvalue weighted by Crippen LogP contribution is 2.30. The summed E-state index contributed by atoms with van der Waals surface area (Å²) in [6, 6.07) is 0. The first-order valence-corrected chi connectivity index (χ1v) is 5.39. The second-order valence-electron chi connectivity index (χ2n) is 2.98. The molecule has 1 aromatic rings. The summed E-state index contributed by atoms with van der Waals surface area (Å²) in [7, 11) is 0. The van der Waals surface area contributed by atoms with Crippen LogP contribution in [0.1, 0.15) is 24.1 Å². The van der Waals surface area contributed by atoms with Gasteiger partial charge in [-0.05, 0) is 12.2 Å². The molecule has 0 aromatic carbocycles. The van der Waals surface area contributed by atoms with Gasteiger partial charge in [-0.1, -0.05) is 5.16 Å². The summed E-state index contributed by atoms with van der Waals surface area (Å²) in [6.45, 7) is 0. The predicted molar refractivity (Wildman–Crippen MR) is 48.7 cm³/mol. The molecule has 0 bridgehead atoms. The molecule has 70 valence electrons. The second kappa shape index (κ2) is 3.91. The Balaban J connectivity index is 2.07. The van der Waals surface area contributed by atoms with Crippen LogP contribution in [0.15, 0.2) is 4.52 Å². The minimum atomic E-state index is 0.229. The summed E-state index contributed by atoms with van der Waals surface area (Å²) < 4.78 is 4.92. The van der Waals surface area contributed by atoms with Crippen LogP contribution in [0.3, 0.4) is 0 Å². The molecule has 1 unspecified atom stereocenters. The van der Waals surface area contributed by atoms with Gasteiger partial charge in [0.1, 0.15) is 6.29 Å². The molecule has 0 amide bonds. The van der Waals surface area contributed by atoms with Crippen molar-refractivity contribution in [1.82, 2.24) is 10.1 Å². The van der Waals surface area contributed by atoms with E-state index < -0.39 is 0 Å². The monoisotopic (exact) mass is 198 g/mol. The second-order valence-corrected chi connectivity index (χ2v) is 4.13. The third-order valence-electron chi connectivity index (χ3n) is 2.04. The average molecular weight is 198 g/mol. The van der Waals surface area contributed by atoms with Gasteiger partial charge in [0.2, 0.25) is 5.89 Å².